The van der Waals surface area contributed by atoms with Crippen LogP contribution in [0.5, 0.6) is 0 Å². The van der Waals surface area contributed by atoms with Crippen molar-refractivity contribution in [1.29, 1.82) is 5.26 Å². The summed E-state index contributed by atoms with van der Waals surface area (Å²) in [5.74, 6) is 0.0529. The zero-order valence-electron chi connectivity index (χ0n) is 8.74. The van der Waals surface area contributed by atoms with Gasteiger partial charge >= 0.3 is 0 Å². The third kappa shape index (κ3) is 3.09. The lowest BCUT2D eigenvalue weighted by atomic mass is 10.2. The predicted molar refractivity (Wildman–Crippen MR) is 58.0 cm³/mol. The van der Waals surface area contributed by atoms with Crippen molar-refractivity contribution in [3.63, 3.8) is 0 Å². The molecule has 0 spiro atoms. The van der Waals surface area contributed by atoms with Crippen LogP contribution in [0.4, 0.5) is 0 Å². The lowest BCUT2D eigenvalue weighted by Crippen LogP contribution is -2.24. The summed E-state index contributed by atoms with van der Waals surface area (Å²) < 4.78 is 0. The molecular weight excluding hydrogens is 194 g/mol. The molecule has 76 valence electrons. The van der Waals surface area contributed by atoms with Gasteiger partial charge in [-0.3, -0.25) is 0 Å². The zero-order chi connectivity index (χ0) is 10.6. The fourth-order valence-corrected chi connectivity index (χ4v) is 1.79. The monoisotopic (exact) mass is 209 g/mol. The van der Waals surface area contributed by atoms with Crippen LogP contribution in [-0.2, 0) is 0 Å². The van der Waals surface area contributed by atoms with Gasteiger partial charge in [0.2, 0.25) is 0 Å². The first-order valence-corrected chi connectivity index (χ1v) is 5.56. The fourth-order valence-electron chi connectivity index (χ4n) is 1.08. The maximum atomic E-state index is 8.62. The van der Waals surface area contributed by atoms with Gasteiger partial charge in [-0.25, -0.2) is 4.98 Å². The smallest absolute Gasteiger partial charge is 0.0898 e. The van der Waals surface area contributed by atoms with Gasteiger partial charge in [0.05, 0.1) is 22.7 Å². The van der Waals surface area contributed by atoms with Crippen molar-refractivity contribution >= 4 is 11.3 Å². The second-order valence-corrected chi connectivity index (χ2v) is 4.51. The highest BCUT2D eigenvalue weighted by atomic mass is 32.1. The van der Waals surface area contributed by atoms with Crippen LogP contribution in [0.15, 0.2) is 5.38 Å². The fraction of sp³-hybridized carbons (Fsp3) is 0.600. The number of nitrogens with one attached hydrogen (secondary N) is 1. The second kappa shape index (κ2) is 5.08. The molecule has 0 aliphatic heterocycles. The number of thiazole rings is 1. The first-order valence-electron chi connectivity index (χ1n) is 4.68. The lowest BCUT2D eigenvalue weighted by molar-refractivity contribution is 0.520. The van der Waals surface area contributed by atoms with Crippen LogP contribution < -0.4 is 5.32 Å². The molecule has 0 amide bonds. The molecule has 3 nitrogen and oxygen atoms in total. The van der Waals surface area contributed by atoms with Crippen molar-refractivity contribution in [3.05, 3.63) is 16.1 Å². The van der Waals surface area contributed by atoms with Crippen molar-refractivity contribution in [1.82, 2.24) is 10.3 Å². The van der Waals surface area contributed by atoms with Gasteiger partial charge in [0.15, 0.2) is 0 Å². The normalized spacial score (nSPS) is 14.7. The Balaban J connectivity index is 2.43. The summed E-state index contributed by atoms with van der Waals surface area (Å²) >= 11 is 1.66. The van der Waals surface area contributed by atoms with E-state index < -0.39 is 0 Å². The van der Waals surface area contributed by atoms with Gasteiger partial charge in [-0.05, 0) is 20.8 Å². The van der Waals surface area contributed by atoms with E-state index in [2.05, 4.69) is 28.7 Å². The Bertz CT molecular complexity index is 326. The molecule has 0 saturated carbocycles. The third-order valence-electron chi connectivity index (χ3n) is 2.03. The first-order chi connectivity index (χ1) is 6.63. The molecule has 1 aromatic heterocycles. The quantitative estimate of drug-likeness (QED) is 0.827. The number of nitriles is 1. The van der Waals surface area contributed by atoms with Gasteiger partial charge in [-0.15, -0.1) is 11.3 Å². The lowest BCUT2D eigenvalue weighted by Gasteiger charge is -2.11. The summed E-state index contributed by atoms with van der Waals surface area (Å²) in [6.45, 7) is 6.69. The third-order valence-corrected chi connectivity index (χ3v) is 2.82. The first kappa shape index (κ1) is 11.2. The molecule has 0 aromatic carbocycles. The molecule has 1 heterocycles. The van der Waals surface area contributed by atoms with Crippen molar-refractivity contribution in [2.75, 3.05) is 6.54 Å². The molecule has 0 bridgehead atoms. The van der Waals surface area contributed by atoms with Crippen LogP contribution in [-0.4, -0.2) is 11.5 Å². The molecule has 14 heavy (non-hydrogen) atoms. The van der Waals surface area contributed by atoms with E-state index in [4.69, 9.17) is 5.26 Å². The molecular formula is C10H15N3S. The molecule has 2 atom stereocenters. The molecule has 0 fully saturated rings. The molecule has 4 heteroatoms. The van der Waals surface area contributed by atoms with E-state index >= 15 is 0 Å². The van der Waals surface area contributed by atoms with E-state index in [9.17, 15) is 0 Å². The predicted octanol–water partition coefficient (Wildman–Crippen LogP) is 2.26. The Kier molecular flexibility index (Phi) is 4.05. The Morgan fingerprint density at radius 2 is 2.36 bits per heavy atom. The largest absolute Gasteiger partial charge is 0.308 e. The zero-order valence-corrected chi connectivity index (χ0v) is 9.56. The van der Waals surface area contributed by atoms with Gasteiger partial charge in [0.25, 0.3) is 0 Å². The number of aryl methyl sites for hydroxylation is 1. The Morgan fingerprint density at radius 1 is 1.64 bits per heavy atom. The van der Waals surface area contributed by atoms with E-state index in [1.165, 1.54) is 0 Å². The van der Waals surface area contributed by atoms with Gasteiger partial charge in [0.1, 0.15) is 0 Å². The van der Waals surface area contributed by atoms with Gasteiger partial charge < -0.3 is 5.32 Å². The van der Waals surface area contributed by atoms with E-state index in [0.717, 1.165) is 10.7 Å². The van der Waals surface area contributed by atoms with Crippen LogP contribution in [0.3, 0.4) is 0 Å². The minimum Gasteiger partial charge on any atom is -0.308 e. The SMILES string of the molecule is Cc1nc(C(C)NCC(C)C#N)cs1. The summed E-state index contributed by atoms with van der Waals surface area (Å²) in [5.41, 5.74) is 1.07. The Morgan fingerprint density at radius 3 is 2.86 bits per heavy atom. The highest BCUT2D eigenvalue weighted by molar-refractivity contribution is 7.09. The summed E-state index contributed by atoms with van der Waals surface area (Å²) in [7, 11) is 0. The summed E-state index contributed by atoms with van der Waals surface area (Å²) in [6.07, 6.45) is 0. The number of hydrogen-bond donors (Lipinski definition) is 1. The number of aromatic nitrogens is 1. The Hall–Kier alpha value is -0.920. The van der Waals surface area contributed by atoms with Crippen LogP contribution >= 0.6 is 11.3 Å². The molecule has 0 saturated heterocycles. The summed E-state index contributed by atoms with van der Waals surface area (Å²) in [6, 6.07) is 2.43. The summed E-state index contributed by atoms with van der Waals surface area (Å²) in [5, 5.41) is 15.0. The molecule has 0 aliphatic rings. The molecule has 0 radical (unpaired) electrons. The van der Waals surface area contributed by atoms with Crippen LogP contribution in [0, 0.1) is 24.2 Å². The van der Waals surface area contributed by atoms with Crippen molar-refractivity contribution in [3.8, 4) is 6.07 Å². The van der Waals surface area contributed by atoms with Crippen LogP contribution in [0.2, 0.25) is 0 Å². The maximum absolute atomic E-state index is 8.62. The van der Waals surface area contributed by atoms with E-state index in [-0.39, 0.29) is 12.0 Å². The van der Waals surface area contributed by atoms with Crippen molar-refractivity contribution in [2.24, 2.45) is 5.92 Å². The minimum absolute atomic E-state index is 0.0529. The van der Waals surface area contributed by atoms with Crippen molar-refractivity contribution < 1.29 is 0 Å². The van der Waals surface area contributed by atoms with Crippen molar-refractivity contribution in [2.45, 2.75) is 26.8 Å². The summed E-state index contributed by atoms with van der Waals surface area (Å²) in [4.78, 5) is 4.39. The molecule has 2 unspecified atom stereocenters. The number of nitrogens with zero attached hydrogens (tertiary/aromatic N) is 2. The second-order valence-electron chi connectivity index (χ2n) is 3.45. The van der Waals surface area contributed by atoms with Gasteiger partial charge in [-0.1, -0.05) is 0 Å². The highest BCUT2D eigenvalue weighted by Crippen LogP contribution is 2.15. The topological polar surface area (TPSA) is 48.7 Å². The molecule has 1 N–H and O–H groups in total. The standard InChI is InChI=1S/C10H15N3S/c1-7(4-11)5-12-8(2)10-6-14-9(3)13-10/h6-8,12H,5H2,1-3H3. The van der Waals surface area contributed by atoms with Crippen LogP contribution in [0.25, 0.3) is 0 Å². The Labute approximate surface area is 88.8 Å². The minimum atomic E-state index is 0.0529. The molecule has 0 aliphatic carbocycles. The van der Waals surface area contributed by atoms with E-state index in [0.29, 0.717) is 6.54 Å². The van der Waals surface area contributed by atoms with Gasteiger partial charge in [0, 0.05) is 18.0 Å². The highest BCUT2D eigenvalue weighted by Gasteiger charge is 2.09. The average Bonchev–Trinajstić information content (AvgIpc) is 2.60. The maximum Gasteiger partial charge on any atom is 0.0898 e. The van der Waals surface area contributed by atoms with E-state index in [1.807, 2.05) is 13.8 Å². The number of hydrogen-bond acceptors (Lipinski definition) is 4. The average molecular weight is 209 g/mol. The van der Waals surface area contributed by atoms with Crippen LogP contribution in [0.1, 0.15) is 30.6 Å². The number of rotatable bonds is 4. The molecule has 1 aromatic rings. The van der Waals surface area contributed by atoms with E-state index in [1.54, 1.807) is 11.3 Å². The van der Waals surface area contributed by atoms with Gasteiger partial charge in [-0.2, -0.15) is 5.26 Å². The molecule has 1 rings (SSSR count).